The van der Waals surface area contributed by atoms with Crippen LogP contribution in [0.2, 0.25) is 0 Å². The predicted octanol–water partition coefficient (Wildman–Crippen LogP) is 1.44. The molecule has 11 heavy (non-hydrogen) atoms. The molecule has 0 atom stereocenters. The largest absolute Gasteiger partial charge is 0.380 e. The van der Waals surface area contributed by atoms with Gasteiger partial charge in [0.2, 0.25) is 0 Å². The molecule has 3 heteroatoms. The SMILES string of the molecule is CNc1cc2c(s1)CNCC2. The molecule has 1 aromatic rings. The summed E-state index contributed by atoms with van der Waals surface area (Å²) < 4.78 is 0. The summed E-state index contributed by atoms with van der Waals surface area (Å²) in [6.07, 6.45) is 1.19. The maximum absolute atomic E-state index is 3.36. The number of rotatable bonds is 1. The summed E-state index contributed by atoms with van der Waals surface area (Å²) in [5.41, 5.74) is 1.53. The van der Waals surface area contributed by atoms with E-state index < -0.39 is 0 Å². The summed E-state index contributed by atoms with van der Waals surface area (Å²) in [6, 6.07) is 2.26. The van der Waals surface area contributed by atoms with Crippen molar-refractivity contribution < 1.29 is 0 Å². The highest BCUT2D eigenvalue weighted by Gasteiger charge is 2.11. The van der Waals surface area contributed by atoms with Gasteiger partial charge in [-0.25, -0.2) is 0 Å². The standard InChI is InChI=1S/C8H12N2S/c1-9-8-4-6-2-3-10-5-7(6)11-8/h4,9-10H,2-3,5H2,1H3. The molecule has 0 saturated heterocycles. The number of anilines is 1. The summed E-state index contributed by atoms with van der Waals surface area (Å²) in [7, 11) is 1.98. The summed E-state index contributed by atoms with van der Waals surface area (Å²) in [6.45, 7) is 2.19. The molecular formula is C8H12N2S. The Morgan fingerprint density at radius 3 is 3.27 bits per heavy atom. The average Bonchev–Trinajstić information content (AvgIpc) is 2.46. The Bertz CT molecular complexity index is 231. The third kappa shape index (κ3) is 1.26. The number of hydrogen-bond donors (Lipinski definition) is 2. The fraction of sp³-hybridized carbons (Fsp3) is 0.500. The first kappa shape index (κ1) is 7.13. The molecule has 2 nitrogen and oxygen atoms in total. The van der Waals surface area contributed by atoms with E-state index >= 15 is 0 Å². The first-order valence-corrected chi connectivity index (χ1v) is 4.72. The van der Waals surface area contributed by atoms with Crippen LogP contribution in [0.25, 0.3) is 0 Å². The Labute approximate surface area is 70.6 Å². The van der Waals surface area contributed by atoms with Gasteiger partial charge in [0.15, 0.2) is 0 Å². The Kier molecular flexibility index (Phi) is 1.84. The van der Waals surface area contributed by atoms with Crippen LogP contribution in [-0.4, -0.2) is 13.6 Å². The van der Waals surface area contributed by atoms with Gasteiger partial charge in [-0.3, -0.25) is 0 Å². The van der Waals surface area contributed by atoms with E-state index in [4.69, 9.17) is 0 Å². The highest BCUT2D eigenvalue weighted by atomic mass is 32.1. The smallest absolute Gasteiger partial charge is 0.0886 e. The second-order valence-electron chi connectivity index (χ2n) is 2.74. The molecule has 0 radical (unpaired) electrons. The molecule has 0 saturated carbocycles. The summed E-state index contributed by atoms with van der Waals surface area (Å²) in [4.78, 5) is 1.50. The Hall–Kier alpha value is -0.540. The van der Waals surface area contributed by atoms with Gasteiger partial charge in [0.05, 0.1) is 5.00 Å². The van der Waals surface area contributed by atoms with Crippen molar-refractivity contribution >= 4 is 16.3 Å². The van der Waals surface area contributed by atoms with Gasteiger partial charge in [0.1, 0.15) is 0 Å². The molecule has 1 aromatic heterocycles. The first-order chi connectivity index (χ1) is 5.40. The minimum Gasteiger partial charge on any atom is -0.380 e. The molecule has 0 aromatic carbocycles. The lowest BCUT2D eigenvalue weighted by atomic mass is 10.1. The van der Waals surface area contributed by atoms with E-state index in [9.17, 15) is 0 Å². The molecular weight excluding hydrogens is 156 g/mol. The second kappa shape index (κ2) is 2.83. The number of fused-ring (bicyclic) bond motifs is 1. The van der Waals surface area contributed by atoms with Gasteiger partial charge in [0, 0.05) is 18.5 Å². The van der Waals surface area contributed by atoms with E-state index in [0.717, 1.165) is 13.1 Å². The van der Waals surface area contributed by atoms with Gasteiger partial charge >= 0.3 is 0 Å². The van der Waals surface area contributed by atoms with E-state index in [1.807, 2.05) is 18.4 Å². The second-order valence-corrected chi connectivity index (χ2v) is 3.87. The normalized spacial score (nSPS) is 16.1. The van der Waals surface area contributed by atoms with Gasteiger partial charge in [0.25, 0.3) is 0 Å². The van der Waals surface area contributed by atoms with Crippen LogP contribution in [0.1, 0.15) is 10.4 Å². The van der Waals surface area contributed by atoms with Crippen LogP contribution in [0.5, 0.6) is 0 Å². The highest BCUT2D eigenvalue weighted by molar-refractivity contribution is 7.16. The zero-order valence-electron chi connectivity index (χ0n) is 6.61. The molecule has 0 unspecified atom stereocenters. The van der Waals surface area contributed by atoms with Crippen LogP contribution in [-0.2, 0) is 13.0 Å². The predicted molar refractivity (Wildman–Crippen MR) is 49.3 cm³/mol. The van der Waals surface area contributed by atoms with Gasteiger partial charge in [-0.05, 0) is 24.6 Å². The maximum Gasteiger partial charge on any atom is 0.0886 e. The molecule has 2 N–H and O–H groups in total. The van der Waals surface area contributed by atoms with Crippen LogP contribution in [0, 0.1) is 0 Å². The van der Waals surface area contributed by atoms with Crippen molar-refractivity contribution in [2.45, 2.75) is 13.0 Å². The summed E-state index contributed by atoms with van der Waals surface area (Å²) >= 11 is 1.86. The van der Waals surface area contributed by atoms with Crippen LogP contribution >= 0.6 is 11.3 Å². The summed E-state index contributed by atoms with van der Waals surface area (Å²) in [5, 5.41) is 7.83. The van der Waals surface area contributed by atoms with E-state index in [-0.39, 0.29) is 0 Å². The first-order valence-electron chi connectivity index (χ1n) is 3.90. The molecule has 60 valence electrons. The zero-order chi connectivity index (χ0) is 7.68. The summed E-state index contributed by atoms with van der Waals surface area (Å²) in [5.74, 6) is 0. The lowest BCUT2D eigenvalue weighted by Crippen LogP contribution is -2.21. The highest BCUT2D eigenvalue weighted by Crippen LogP contribution is 2.28. The topological polar surface area (TPSA) is 24.1 Å². The Balaban J connectivity index is 2.32. The quantitative estimate of drug-likeness (QED) is 0.663. The lowest BCUT2D eigenvalue weighted by Gasteiger charge is -2.10. The number of hydrogen-bond acceptors (Lipinski definition) is 3. The third-order valence-electron chi connectivity index (χ3n) is 2.00. The molecule has 2 heterocycles. The molecule has 0 aliphatic carbocycles. The molecule has 0 spiro atoms. The van der Waals surface area contributed by atoms with Crippen molar-refractivity contribution in [2.75, 3.05) is 18.9 Å². The van der Waals surface area contributed by atoms with E-state index in [2.05, 4.69) is 16.7 Å². The van der Waals surface area contributed by atoms with Crippen molar-refractivity contribution in [2.24, 2.45) is 0 Å². The monoisotopic (exact) mass is 168 g/mol. The van der Waals surface area contributed by atoms with Crippen LogP contribution < -0.4 is 10.6 Å². The fourth-order valence-corrected chi connectivity index (χ4v) is 2.41. The van der Waals surface area contributed by atoms with Crippen LogP contribution in [0.3, 0.4) is 0 Å². The maximum atomic E-state index is 3.36. The minimum absolute atomic E-state index is 1.06. The minimum atomic E-state index is 1.06. The lowest BCUT2D eigenvalue weighted by molar-refractivity contribution is 0.655. The fourth-order valence-electron chi connectivity index (χ4n) is 1.38. The third-order valence-corrected chi connectivity index (χ3v) is 3.19. The van der Waals surface area contributed by atoms with Crippen molar-refractivity contribution in [3.63, 3.8) is 0 Å². The van der Waals surface area contributed by atoms with Crippen molar-refractivity contribution in [1.29, 1.82) is 0 Å². The van der Waals surface area contributed by atoms with Gasteiger partial charge in [-0.2, -0.15) is 0 Å². The molecule has 2 rings (SSSR count). The number of thiophene rings is 1. The Morgan fingerprint density at radius 1 is 1.64 bits per heavy atom. The van der Waals surface area contributed by atoms with Crippen LogP contribution in [0.15, 0.2) is 6.07 Å². The molecule has 0 amide bonds. The van der Waals surface area contributed by atoms with Crippen LogP contribution in [0.4, 0.5) is 5.00 Å². The van der Waals surface area contributed by atoms with Gasteiger partial charge in [-0.1, -0.05) is 0 Å². The molecule has 1 aliphatic heterocycles. The van der Waals surface area contributed by atoms with Gasteiger partial charge in [-0.15, -0.1) is 11.3 Å². The van der Waals surface area contributed by atoms with E-state index in [1.165, 1.54) is 21.9 Å². The van der Waals surface area contributed by atoms with E-state index in [1.54, 1.807) is 0 Å². The van der Waals surface area contributed by atoms with Gasteiger partial charge < -0.3 is 10.6 Å². The zero-order valence-corrected chi connectivity index (χ0v) is 7.42. The molecule has 1 aliphatic rings. The van der Waals surface area contributed by atoms with Crippen molar-refractivity contribution in [1.82, 2.24) is 5.32 Å². The number of nitrogens with one attached hydrogen (secondary N) is 2. The molecule has 0 bridgehead atoms. The molecule has 0 fully saturated rings. The van der Waals surface area contributed by atoms with Crippen molar-refractivity contribution in [3.8, 4) is 0 Å². The van der Waals surface area contributed by atoms with Crippen molar-refractivity contribution in [3.05, 3.63) is 16.5 Å². The average molecular weight is 168 g/mol. The Morgan fingerprint density at radius 2 is 2.55 bits per heavy atom. The van der Waals surface area contributed by atoms with E-state index in [0.29, 0.717) is 0 Å².